The number of hydrogen-bond acceptors (Lipinski definition) is 7. The number of amides is 1. The fourth-order valence-corrected chi connectivity index (χ4v) is 10.6. The number of ether oxygens (including phenoxy) is 1. The number of rotatable bonds is 61. The Bertz CT molecular complexity index is 1410. The van der Waals surface area contributed by atoms with Crippen LogP contribution in [0.2, 0.25) is 0 Å². The van der Waals surface area contributed by atoms with Gasteiger partial charge in [0.15, 0.2) is 0 Å². The van der Waals surface area contributed by atoms with Crippen LogP contribution in [0.5, 0.6) is 0 Å². The third-order valence-corrected chi connectivity index (χ3v) is 16.0. The first-order valence-electron chi connectivity index (χ1n) is 33.3. The number of unbranched alkanes of at least 4 members (excludes halogenated alkanes) is 41. The predicted octanol–water partition coefficient (Wildman–Crippen LogP) is 20.0. The Morgan fingerprint density at radius 2 is 0.792 bits per heavy atom. The van der Waals surface area contributed by atoms with Crippen LogP contribution in [0.1, 0.15) is 329 Å². The molecular formula is C67H129N2O7P. The molecule has 0 aliphatic rings. The number of phosphoric ester groups is 1. The molecule has 1 N–H and O–H groups in total. The summed E-state index contributed by atoms with van der Waals surface area (Å²) in [5.41, 5.74) is 0. The molecule has 0 rings (SSSR count). The molecular weight excluding hydrogens is 976 g/mol. The van der Waals surface area contributed by atoms with E-state index in [1.165, 1.54) is 231 Å². The molecule has 0 aromatic carbocycles. The van der Waals surface area contributed by atoms with Crippen LogP contribution in [0.3, 0.4) is 0 Å². The van der Waals surface area contributed by atoms with Gasteiger partial charge in [-0.05, 0) is 63.9 Å². The first kappa shape index (κ1) is 75.2. The zero-order chi connectivity index (χ0) is 56.4. The van der Waals surface area contributed by atoms with Gasteiger partial charge in [0.25, 0.3) is 7.82 Å². The van der Waals surface area contributed by atoms with E-state index in [-0.39, 0.29) is 31.5 Å². The maximum atomic E-state index is 13.5. The zero-order valence-corrected chi connectivity index (χ0v) is 52.8. The first-order valence-corrected chi connectivity index (χ1v) is 34.8. The van der Waals surface area contributed by atoms with E-state index in [1.54, 1.807) is 0 Å². The quantitative estimate of drug-likeness (QED) is 0.0212. The molecule has 0 aromatic rings. The van der Waals surface area contributed by atoms with Crippen LogP contribution in [0.15, 0.2) is 36.5 Å². The minimum Gasteiger partial charge on any atom is -0.756 e. The molecule has 0 aliphatic carbocycles. The molecule has 0 aromatic heterocycles. The fourth-order valence-electron chi connectivity index (χ4n) is 9.91. The Balaban J connectivity index is 5.04. The standard InChI is InChI=1S/C67H129N2O7P/c1-7-10-13-16-19-22-25-28-30-31-32-33-34-35-36-37-38-39-40-42-45-48-51-54-57-60-67(71)76-65(58-55-52-49-46-43-27-24-21-18-15-12-9-3)64(63-75-77(72,73)74-62-61-69(4,5)6)68-66(70)59-56-53-50-47-44-41-29-26-23-20-17-14-11-8-2/h19,22,28,30,55,58,64-65H,7-18,20-21,23-27,29,31-54,56-57,59-63H2,1-6H3,(H-,68,70,72,73)/b22-19-,30-28-,58-55-. The van der Waals surface area contributed by atoms with E-state index in [0.717, 1.165) is 64.2 Å². The highest BCUT2D eigenvalue weighted by Crippen LogP contribution is 2.38. The van der Waals surface area contributed by atoms with E-state index in [4.69, 9.17) is 13.8 Å². The average molecular weight is 1110 g/mol. The van der Waals surface area contributed by atoms with Crippen molar-refractivity contribution in [2.75, 3.05) is 40.9 Å². The highest BCUT2D eigenvalue weighted by Gasteiger charge is 2.27. The van der Waals surface area contributed by atoms with Gasteiger partial charge in [0.05, 0.1) is 33.8 Å². The van der Waals surface area contributed by atoms with E-state index < -0.39 is 20.0 Å². The summed E-state index contributed by atoms with van der Waals surface area (Å²) < 4.78 is 30.4. The van der Waals surface area contributed by atoms with Crippen LogP contribution >= 0.6 is 7.82 Å². The van der Waals surface area contributed by atoms with Gasteiger partial charge in [0, 0.05) is 12.8 Å². The van der Waals surface area contributed by atoms with Crippen molar-refractivity contribution in [3.8, 4) is 0 Å². The van der Waals surface area contributed by atoms with Crippen LogP contribution in [0.25, 0.3) is 0 Å². The van der Waals surface area contributed by atoms with Gasteiger partial charge in [0.1, 0.15) is 19.3 Å². The number of hydrogen-bond donors (Lipinski definition) is 1. The van der Waals surface area contributed by atoms with Crippen molar-refractivity contribution >= 4 is 19.7 Å². The summed E-state index contributed by atoms with van der Waals surface area (Å²) in [4.78, 5) is 40.0. The molecule has 0 bridgehead atoms. The number of likely N-dealkylation sites (N-methyl/N-ethyl adjacent to an activating group) is 1. The predicted molar refractivity (Wildman–Crippen MR) is 330 cm³/mol. The van der Waals surface area contributed by atoms with Crippen LogP contribution in [0.4, 0.5) is 0 Å². The van der Waals surface area contributed by atoms with Gasteiger partial charge >= 0.3 is 5.97 Å². The number of nitrogens with zero attached hydrogens (tertiary/aromatic N) is 1. The van der Waals surface area contributed by atoms with Crippen molar-refractivity contribution in [3.63, 3.8) is 0 Å². The number of nitrogens with one attached hydrogen (secondary N) is 1. The maximum absolute atomic E-state index is 13.5. The van der Waals surface area contributed by atoms with Gasteiger partial charge in [0.2, 0.25) is 5.91 Å². The summed E-state index contributed by atoms with van der Waals surface area (Å²) in [6.07, 6.45) is 69.7. The number of phosphoric acid groups is 1. The third kappa shape index (κ3) is 58.7. The summed E-state index contributed by atoms with van der Waals surface area (Å²) in [5.74, 6) is -0.524. The molecule has 77 heavy (non-hydrogen) atoms. The lowest BCUT2D eigenvalue weighted by molar-refractivity contribution is -0.870. The Labute approximate surface area is 478 Å². The third-order valence-electron chi connectivity index (χ3n) is 15.1. The largest absolute Gasteiger partial charge is 0.756 e. The molecule has 10 heteroatoms. The smallest absolute Gasteiger partial charge is 0.306 e. The molecule has 0 radical (unpaired) electrons. The van der Waals surface area contributed by atoms with Crippen molar-refractivity contribution in [1.82, 2.24) is 5.32 Å². The minimum atomic E-state index is -4.69. The monoisotopic (exact) mass is 1100 g/mol. The van der Waals surface area contributed by atoms with Crippen LogP contribution in [-0.2, 0) is 27.9 Å². The normalized spacial score (nSPS) is 13.8. The molecule has 1 amide bonds. The van der Waals surface area contributed by atoms with E-state index >= 15 is 0 Å². The second kappa shape index (κ2) is 57.5. The van der Waals surface area contributed by atoms with Gasteiger partial charge in [-0.2, -0.15) is 0 Å². The second-order valence-corrected chi connectivity index (χ2v) is 25.4. The lowest BCUT2D eigenvalue weighted by Crippen LogP contribution is -2.47. The van der Waals surface area contributed by atoms with E-state index in [2.05, 4.69) is 50.4 Å². The van der Waals surface area contributed by atoms with Gasteiger partial charge in [-0.3, -0.25) is 14.2 Å². The van der Waals surface area contributed by atoms with Gasteiger partial charge in [-0.1, -0.05) is 289 Å². The molecule has 3 atom stereocenters. The molecule has 454 valence electrons. The molecule has 9 nitrogen and oxygen atoms in total. The van der Waals surface area contributed by atoms with Crippen LogP contribution in [-0.4, -0.2) is 69.4 Å². The molecule has 0 fully saturated rings. The summed E-state index contributed by atoms with van der Waals surface area (Å²) in [6.45, 7) is 6.86. The SMILES string of the molecule is CCCCC/C=C\C/C=C\CCCCCCCCCCCCCCCCCC(=O)OC(/C=C\CCCCCCCCCCCC)C(COP(=O)([O-])OCC[N+](C)(C)C)NC(=O)CCCCCCCCCCCCCCCC. The summed E-state index contributed by atoms with van der Waals surface area (Å²) >= 11 is 0. The van der Waals surface area contributed by atoms with Crippen molar-refractivity contribution in [1.29, 1.82) is 0 Å². The topological polar surface area (TPSA) is 114 Å². The van der Waals surface area contributed by atoms with Crippen LogP contribution in [0, 0.1) is 0 Å². The van der Waals surface area contributed by atoms with Gasteiger partial charge in [-0.25, -0.2) is 0 Å². The summed E-state index contributed by atoms with van der Waals surface area (Å²) in [6, 6.07) is -0.883. The van der Waals surface area contributed by atoms with E-state index in [1.807, 2.05) is 33.3 Å². The highest BCUT2D eigenvalue weighted by atomic mass is 31.2. The number of esters is 1. The van der Waals surface area contributed by atoms with Gasteiger partial charge < -0.3 is 28.5 Å². The van der Waals surface area contributed by atoms with Crippen molar-refractivity contribution < 1.29 is 37.3 Å². The van der Waals surface area contributed by atoms with Crippen molar-refractivity contribution in [2.45, 2.75) is 341 Å². The fraction of sp³-hybridized carbons (Fsp3) is 0.881. The summed E-state index contributed by atoms with van der Waals surface area (Å²) in [7, 11) is 1.20. The van der Waals surface area contributed by atoms with E-state index in [9.17, 15) is 19.0 Å². The van der Waals surface area contributed by atoms with Gasteiger partial charge in [-0.15, -0.1) is 0 Å². The number of allylic oxidation sites excluding steroid dienone is 5. The second-order valence-electron chi connectivity index (χ2n) is 24.0. The number of carbonyl (C=O) groups excluding carboxylic acids is 2. The Morgan fingerprint density at radius 3 is 1.19 bits per heavy atom. The molecule has 0 saturated heterocycles. The molecule has 3 unspecified atom stereocenters. The number of carbonyl (C=O) groups is 2. The molecule has 0 spiro atoms. The lowest BCUT2D eigenvalue weighted by atomic mass is 10.0. The Hall–Kier alpha value is -1.77. The first-order chi connectivity index (χ1) is 37.4. The lowest BCUT2D eigenvalue weighted by Gasteiger charge is -2.30. The average Bonchev–Trinajstić information content (AvgIpc) is 3.39. The minimum absolute atomic E-state index is 0.0191. The summed E-state index contributed by atoms with van der Waals surface area (Å²) in [5, 5.41) is 3.04. The zero-order valence-electron chi connectivity index (χ0n) is 51.9. The van der Waals surface area contributed by atoms with Crippen molar-refractivity contribution in [3.05, 3.63) is 36.5 Å². The maximum Gasteiger partial charge on any atom is 0.306 e. The van der Waals surface area contributed by atoms with Crippen molar-refractivity contribution in [2.24, 2.45) is 0 Å². The molecule has 0 aliphatic heterocycles. The van der Waals surface area contributed by atoms with Crippen LogP contribution < -0.4 is 10.2 Å². The Morgan fingerprint density at radius 1 is 0.455 bits per heavy atom. The molecule has 0 saturated carbocycles. The van der Waals surface area contributed by atoms with E-state index in [0.29, 0.717) is 17.4 Å². The number of quaternary nitrogens is 1. The molecule has 0 heterocycles. The Kier molecular flexibility index (Phi) is 56.1. The highest BCUT2D eigenvalue weighted by molar-refractivity contribution is 7.45.